The zero-order valence-electron chi connectivity index (χ0n) is 5.69. The first kappa shape index (κ1) is 6.15. The van der Waals surface area contributed by atoms with E-state index in [1.54, 1.807) is 10.7 Å². The summed E-state index contributed by atoms with van der Waals surface area (Å²) >= 11 is 0. The highest BCUT2D eigenvalue weighted by atomic mass is 16.4. The predicted molar refractivity (Wildman–Crippen MR) is 38.2 cm³/mol. The zero-order valence-corrected chi connectivity index (χ0v) is 5.69. The van der Waals surface area contributed by atoms with Gasteiger partial charge in [0.2, 0.25) is 0 Å². The number of aromatic nitrogens is 2. The molecule has 0 fully saturated rings. The fourth-order valence-corrected chi connectivity index (χ4v) is 1.09. The number of hydrogen-bond donors (Lipinski definition) is 1. The van der Waals surface area contributed by atoms with Gasteiger partial charge in [0.1, 0.15) is 0 Å². The lowest BCUT2D eigenvalue weighted by atomic mass is 10.3. The van der Waals surface area contributed by atoms with E-state index >= 15 is 0 Å². The van der Waals surface area contributed by atoms with Crippen LogP contribution in [0.5, 0.6) is 0 Å². The molecule has 2 rings (SSSR count). The number of carboxylic acid groups (broad SMARTS) is 1. The maximum Gasteiger partial charge on any atom is 0.356 e. The van der Waals surface area contributed by atoms with E-state index in [2.05, 4.69) is 5.10 Å². The Morgan fingerprint density at radius 2 is 2.55 bits per heavy atom. The lowest BCUT2D eigenvalue weighted by molar-refractivity contribution is 0.0689. The molecule has 0 bridgehead atoms. The minimum atomic E-state index is -0.972. The van der Waals surface area contributed by atoms with Crippen molar-refractivity contribution in [3.8, 4) is 0 Å². The topological polar surface area (TPSA) is 55.1 Å². The number of fused-ring (bicyclic) bond motifs is 1. The Hall–Kier alpha value is -1.58. The van der Waals surface area contributed by atoms with E-state index in [1.165, 1.54) is 0 Å². The van der Waals surface area contributed by atoms with Crippen LogP contribution in [0.3, 0.4) is 0 Å². The van der Waals surface area contributed by atoms with Gasteiger partial charge in [0.05, 0.1) is 12.2 Å². The number of allylic oxidation sites excluding steroid dienone is 1. The molecule has 0 amide bonds. The second-order valence-corrected chi connectivity index (χ2v) is 2.34. The summed E-state index contributed by atoms with van der Waals surface area (Å²) in [5.74, 6) is -0.972. The number of carboxylic acids is 1. The van der Waals surface area contributed by atoms with Gasteiger partial charge in [-0.25, -0.2) is 4.79 Å². The first-order valence-corrected chi connectivity index (χ1v) is 3.25. The minimum Gasteiger partial charge on any atom is -0.476 e. The van der Waals surface area contributed by atoms with Crippen molar-refractivity contribution in [1.29, 1.82) is 0 Å². The van der Waals surface area contributed by atoms with Gasteiger partial charge in [0.15, 0.2) is 5.69 Å². The summed E-state index contributed by atoms with van der Waals surface area (Å²) in [4.78, 5) is 10.4. The average molecular weight is 150 g/mol. The van der Waals surface area contributed by atoms with Gasteiger partial charge < -0.3 is 5.11 Å². The van der Waals surface area contributed by atoms with Crippen molar-refractivity contribution in [2.75, 3.05) is 0 Å². The van der Waals surface area contributed by atoms with E-state index in [1.807, 2.05) is 12.2 Å². The third-order valence-corrected chi connectivity index (χ3v) is 1.60. The Balaban J connectivity index is 2.49. The molecule has 1 aliphatic rings. The molecule has 4 heteroatoms. The molecule has 0 radical (unpaired) electrons. The standard InChI is InChI=1S/C7H6N2O2/c10-7(11)6-4-5-2-1-3-9(5)8-6/h1-2,4H,3H2,(H,10,11). The molecule has 0 unspecified atom stereocenters. The van der Waals surface area contributed by atoms with Crippen LogP contribution < -0.4 is 0 Å². The van der Waals surface area contributed by atoms with E-state index in [4.69, 9.17) is 5.11 Å². The van der Waals surface area contributed by atoms with Gasteiger partial charge in [-0.2, -0.15) is 5.10 Å². The van der Waals surface area contributed by atoms with Gasteiger partial charge in [-0.05, 0) is 12.1 Å². The highest BCUT2D eigenvalue weighted by molar-refractivity contribution is 5.86. The molecule has 1 aromatic rings. The molecular formula is C7H6N2O2. The number of rotatable bonds is 1. The van der Waals surface area contributed by atoms with E-state index in [-0.39, 0.29) is 5.69 Å². The number of nitrogens with zero attached hydrogens (tertiary/aromatic N) is 2. The third-order valence-electron chi connectivity index (χ3n) is 1.60. The number of aromatic carboxylic acids is 1. The molecule has 4 nitrogen and oxygen atoms in total. The van der Waals surface area contributed by atoms with Gasteiger partial charge in [0.25, 0.3) is 0 Å². The Kier molecular flexibility index (Phi) is 1.09. The fourth-order valence-electron chi connectivity index (χ4n) is 1.09. The maximum absolute atomic E-state index is 10.4. The second-order valence-electron chi connectivity index (χ2n) is 2.34. The molecular weight excluding hydrogens is 144 g/mol. The largest absolute Gasteiger partial charge is 0.476 e. The monoisotopic (exact) mass is 150 g/mol. The van der Waals surface area contributed by atoms with Gasteiger partial charge in [-0.15, -0.1) is 0 Å². The third kappa shape index (κ3) is 0.832. The highest BCUT2D eigenvalue weighted by Gasteiger charge is 2.12. The Morgan fingerprint density at radius 1 is 1.73 bits per heavy atom. The van der Waals surface area contributed by atoms with Gasteiger partial charge in [-0.3, -0.25) is 4.68 Å². The summed E-state index contributed by atoms with van der Waals surface area (Å²) in [5.41, 5.74) is 0.978. The molecule has 2 heterocycles. The molecule has 0 saturated heterocycles. The molecule has 56 valence electrons. The van der Waals surface area contributed by atoms with Crippen molar-refractivity contribution in [3.63, 3.8) is 0 Å². The van der Waals surface area contributed by atoms with Crippen LogP contribution in [0.2, 0.25) is 0 Å². The van der Waals surface area contributed by atoms with Crippen LogP contribution in [0.15, 0.2) is 12.1 Å². The molecule has 0 saturated carbocycles. The van der Waals surface area contributed by atoms with Gasteiger partial charge in [-0.1, -0.05) is 6.08 Å². The number of carbonyl (C=O) groups is 1. The second kappa shape index (κ2) is 1.95. The average Bonchev–Trinajstić information content (AvgIpc) is 2.40. The molecule has 0 atom stereocenters. The Bertz CT molecular complexity index is 338. The normalized spacial score (nSPS) is 13.5. The molecule has 11 heavy (non-hydrogen) atoms. The van der Waals surface area contributed by atoms with Gasteiger partial charge in [0, 0.05) is 0 Å². The summed E-state index contributed by atoms with van der Waals surface area (Å²) in [6, 6.07) is 1.56. The molecule has 1 aliphatic heterocycles. The highest BCUT2D eigenvalue weighted by Crippen LogP contribution is 2.12. The molecule has 0 aliphatic carbocycles. The van der Waals surface area contributed by atoms with Crippen LogP contribution in [0, 0.1) is 0 Å². The van der Waals surface area contributed by atoms with Crippen molar-refractivity contribution >= 4 is 12.0 Å². The smallest absolute Gasteiger partial charge is 0.356 e. The lowest BCUT2D eigenvalue weighted by Crippen LogP contribution is -2.00. The zero-order chi connectivity index (χ0) is 7.84. The minimum absolute atomic E-state index is 0.115. The Labute approximate surface area is 62.8 Å². The van der Waals surface area contributed by atoms with Crippen LogP contribution >= 0.6 is 0 Å². The molecule has 0 spiro atoms. The molecule has 1 aromatic heterocycles. The summed E-state index contributed by atoms with van der Waals surface area (Å²) < 4.78 is 1.66. The van der Waals surface area contributed by atoms with Crippen molar-refractivity contribution in [2.45, 2.75) is 6.54 Å². The number of hydrogen-bond acceptors (Lipinski definition) is 2. The van der Waals surface area contributed by atoms with Gasteiger partial charge >= 0.3 is 5.97 Å². The van der Waals surface area contributed by atoms with E-state index in [9.17, 15) is 4.79 Å². The maximum atomic E-state index is 10.4. The SMILES string of the molecule is O=C(O)c1cc2n(n1)CC=C2. The summed E-state index contributed by atoms with van der Waals surface area (Å²) in [6.07, 6.45) is 3.80. The summed E-state index contributed by atoms with van der Waals surface area (Å²) in [6.45, 7) is 0.683. The van der Waals surface area contributed by atoms with Crippen LogP contribution in [0.1, 0.15) is 16.2 Å². The van der Waals surface area contributed by atoms with Crippen LogP contribution in [0.4, 0.5) is 0 Å². The van der Waals surface area contributed by atoms with Crippen LogP contribution in [-0.4, -0.2) is 20.9 Å². The summed E-state index contributed by atoms with van der Waals surface area (Å²) in [7, 11) is 0. The van der Waals surface area contributed by atoms with Crippen molar-refractivity contribution in [1.82, 2.24) is 9.78 Å². The Morgan fingerprint density at radius 3 is 3.18 bits per heavy atom. The van der Waals surface area contributed by atoms with Crippen LogP contribution in [-0.2, 0) is 6.54 Å². The molecule has 1 N–H and O–H groups in total. The first-order valence-electron chi connectivity index (χ1n) is 3.25. The van der Waals surface area contributed by atoms with Crippen LogP contribution in [0.25, 0.3) is 6.08 Å². The fraction of sp³-hybridized carbons (Fsp3) is 0.143. The van der Waals surface area contributed by atoms with E-state index < -0.39 is 5.97 Å². The lowest BCUT2D eigenvalue weighted by Gasteiger charge is -1.89. The first-order chi connectivity index (χ1) is 5.27. The predicted octanol–water partition coefficient (Wildman–Crippen LogP) is 0.608. The molecule has 0 aromatic carbocycles. The van der Waals surface area contributed by atoms with Crippen molar-refractivity contribution in [2.24, 2.45) is 0 Å². The summed E-state index contributed by atoms with van der Waals surface area (Å²) in [5, 5.41) is 12.4. The van der Waals surface area contributed by atoms with Crippen molar-refractivity contribution in [3.05, 3.63) is 23.5 Å². The van der Waals surface area contributed by atoms with E-state index in [0.29, 0.717) is 6.54 Å². The van der Waals surface area contributed by atoms with Crippen molar-refractivity contribution < 1.29 is 9.90 Å². The quantitative estimate of drug-likeness (QED) is 0.638. The van der Waals surface area contributed by atoms with E-state index in [0.717, 1.165) is 5.69 Å².